The molecule has 6 nitrogen and oxygen atoms in total. The van der Waals surface area contributed by atoms with Gasteiger partial charge in [-0.2, -0.15) is 21.0 Å². The van der Waals surface area contributed by atoms with E-state index in [1.807, 2.05) is 48.5 Å². The van der Waals surface area contributed by atoms with Gasteiger partial charge in [-0.3, -0.25) is 0 Å². The molecule has 0 bridgehead atoms. The van der Waals surface area contributed by atoms with Crippen LogP contribution in [0.15, 0.2) is 55.3 Å². The Morgan fingerprint density at radius 1 is 0.769 bits per heavy atom. The molecule has 2 heterocycles. The topological polar surface area (TPSA) is 119 Å². The third kappa shape index (κ3) is 2.34. The van der Waals surface area contributed by atoms with Gasteiger partial charge in [0.2, 0.25) is 0 Å². The van der Waals surface area contributed by atoms with Crippen molar-refractivity contribution in [2.24, 2.45) is 0 Å². The second kappa shape index (κ2) is 6.06. The largest absolute Gasteiger partial charge is 0.347 e. The van der Waals surface area contributed by atoms with Crippen LogP contribution in [0.4, 0.5) is 11.4 Å². The van der Waals surface area contributed by atoms with E-state index in [0.717, 1.165) is 31.9 Å². The molecule has 2 aromatic carbocycles. The molecule has 2 aliphatic rings. The molecule has 4 rings (SSSR count). The summed E-state index contributed by atoms with van der Waals surface area (Å²) in [4.78, 5) is 1.87. The predicted octanol–water partition coefficient (Wildman–Crippen LogP) is 4.39. The average molecular weight is 370 g/mol. The average Bonchev–Trinajstić information content (AvgIpc) is 3.25. The smallest absolute Gasteiger partial charge is 0.160 e. The molecule has 0 amide bonds. The molecule has 2 aromatic rings. The minimum Gasteiger partial charge on any atom is -0.347 e. The standard InChI is InChI=1S/C18H6N6S2/c19-5-10(6-20)17-24-14-3-9-1-2-13-16(12(9)4-15(14)25-17)26-18(23-13)11(7-21)8-22/h1-4,23-24H. The summed E-state index contributed by atoms with van der Waals surface area (Å²) >= 11 is 2.71. The molecule has 26 heavy (non-hydrogen) atoms. The number of nitriles is 4. The minimum absolute atomic E-state index is 0.0504. The first-order valence-corrected chi connectivity index (χ1v) is 8.91. The van der Waals surface area contributed by atoms with Crippen LogP contribution in [0.2, 0.25) is 0 Å². The van der Waals surface area contributed by atoms with Gasteiger partial charge in [0.1, 0.15) is 34.3 Å². The van der Waals surface area contributed by atoms with Gasteiger partial charge in [0, 0.05) is 9.79 Å². The van der Waals surface area contributed by atoms with Crippen LogP contribution in [-0.4, -0.2) is 0 Å². The van der Waals surface area contributed by atoms with E-state index in [0.29, 0.717) is 10.1 Å². The Labute approximate surface area is 157 Å². The van der Waals surface area contributed by atoms with E-state index < -0.39 is 0 Å². The maximum Gasteiger partial charge on any atom is 0.160 e. The van der Waals surface area contributed by atoms with E-state index >= 15 is 0 Å². The number of rotatable bonds is 0. The van der Waals surface area contributed by atoms with Crippen molar-refractivity contribution in [1.82, 2.24) is 0 Å². The van der Waals surface area contributed by atoms with Crippen LogP contribution in [0, 0.1) is 45.3 Å². The number of fused-ring (bicyclic) bond motifs is 4. The number of allylic oxidation sites excluding steroid dienone is 2. The third-order valence-electron chi connectivity index (χ3n) is 3.88. The first-order chi connectivity index (χ1) is 12.7. The summed E-state index contributed by atoms with van der Waals surface area (Å²) in [6.07, 6.45) is 0. The highest BCUT2D eigenvalue weighted by atomic mass is 32.2. The third-order valence-corrected chi connectivity index (χ3v) is 6.11. The van der Waals surface area contributed by atoms with Gasteiger partial charge < -0.3 is 10.6 Å². The van der Waals surface area contributed by atoms with Crippen LogP contribution < -0.4 is 10.6 Å². The highest BCUT2D eigenvalue weighted by Gasteiger charge is 2.25. The SMILES string of the molecule is N#CC(C#N)=C1Nc2cc3ccc4c(c3cc2S1)SC(=C(C#N)C#N)N4. The van der Waals surface area contributed by atoms with Gasteiger partial charge >= 0.3 is 0 Å². The fourth-order valence-corrected chi connectivity index (χ4v) is 4.75. The number of anilines is 2. The molecule has 0 saturated carbocycles. The van der Waals surface area contributed by atoms with Crippen LogP contribution in [-0.2, 0) is 0 Å². The Hall–Kier alpha value is -3.56. The molecule has 2 N–H and O–H groups in total. The second-order valence-electron chi connectivity index (χ2n) is 5.32. The zero-order valence-electron chi connectivity index (χ0n) is 12.9. The fraction of sp³-hybridized carbons (Fsp3) is 0. The number of thioether (sulfide) groups is 2. The van der Waals surface area contributed by atoms with Gasteiger partial charge in [-0.1, -0.05) is 29.6 Å². The normalized spacial score (nSPS) is 13.4. The molecular formula is C18H6N6S2. The van der Waals surface area contributed by atoms with Gasteiger partial charge in [-0.15, -0.1) is 0 Å². The summed E-state index contributed by atoms with van der Waals surface area (Å²) in [5.41, 5.74) is 1.80. The number of hydrogen-bond acceptors (Lipinski definition) is 8. The number of nitrogens with zero attached hydrogens (tertiary/aromatic N) is 4. The number of nitrogens with one attached hydrogen (secondary N) is 2. The Bertz CT molecular complexity index is 1200. The summed E-state index contributed by atoms with van der Waals surface area (Å²) in [5, 5.41) is 45.5. The molecule has 120 valence electrons. The van der Waals surface area contributed by atoms with E-state index in [-0.39, 0.29) is 11.1 Å². The zero-order chi connectivity index (χ0) is 18.3. The van der Waals surface area contributed by atoms with Crippen molar-refractivity contribution in [3.8, 4) is 24.3 Å². The minimum atomic E-state index is 0.0504. The van der Waals surface area contributed by atoms with E-state index in [1.165, 1.54) is 23.5 Å². The van der Waals surface area contributed by atoms with Crippen molar-refractivity contribution in [2.75, 3.05) is 10.6 Å². The molecule has 0 radical (unpaired) electrons. The van der Waals surface area contributed by atoms with Crippen molar-refractivity contribution in [3.05, 3.63) is 45.5 Å². The van der Waals surface area contributed by atoms with Gasteiger partial charge in [-0.05, 0) is 29.0 Å². The highest BCUT2D eigenvalue weighted by molar-refractivity contribution is 8.04. The second-order valence-corrected chi connectivity index (χ2v) is 7.39. The maximum absolute atomic E-state index is 9.08. The highest BCUT2D eigenvalue weighted by Crippen LogP contribution is 2.50. The Morgan fingerprint density at radius 3 is 2.04 bits per heavy atom. The van der Waals surface area contributed by atoms with Crippen LogP contribution in [0.25, 0.3) is 10.8 Å². The van der Waals surface area contributed by atoms with Crippen LogP contribution in [0.5, 0.6) is 0 Å². The molecule has 0 saturated heterocycles. The van der Waals surface area contributed by atoms with Crippen molar-refractivity contribution in [1.29, 1.82) is 21.0 Å². The van der Waals surface area contributed by atoms with E-state index in [1.54, 1.807) is 0 Å². The van der Waals surface area contributed by atoms with Crippen LogP contribution in [0.1, 0.15) is 0 Å². The number of benzene rings is 2. The van der Waals surface area contributed by atoms with E-state index in [9.17, 15) is 0 Å². The van der Waals surface area contributed by atoms with Crippen molar-refractivity contribution >= 4 is 45.7 Å². The summed E-state index contributed by atoms with van der Waals surface area (Å²) < 4.78 is 0. The molecule has 0 unspecified atom stereocenters. The maximum atomic E-state index is 9.08. The van der Waals surface area contributed by atoms with Crippen molar-refractivity contribution in [2.45, 2.75) is 9.79 Å². The van der Waals surface area contributed by atoms with Crippen LogP contribution in [0.3, 0.4) is 0 Å². The first-order valence-electron chi connectivity index (χ1n) is 7.28. The van der Waals surface area contributed by atoms with Crippen LogP contribution >= 0.6 is 23.5 Å². The summed E-state index contributed by atoms with van der Waals surface area (Å²) in [6.45, 7) is 0. The molecule has 0 fully saturated rings. The van der Waals surface area contributed by atoms with Gasteiger partial charge in [-0.25, -0.2) is 0 Å². The monoisotopic (exact) mass is 370 g/mol. The summed E-state index contributed by atoms with van der Waals surface area (Å²) in [5.74, 6) is 0. The van der Waals surface area contributed by atoms with Gasteiger partial charge in [0.15, 0.2) is 11.1 Å². The Balaban J connectivity index is 1.85. The fourth-order valence-electron chi connectivity index (χ4n) is 2.70. The number of hydrogen-bond donors (Lipinski definition) is 2. The van der Waals surface area contributed by atoms with Gasteiger partial charge in [0.05, 0.1) is 11.4 Å². The molecule has 0 aromatic heterocycles. The predicted molar refractivity (Wildman–Crippen MR) is 99.4 cm³/mol. The molecular weight excluding hydrogens is 364 g/mol. The molecule has 0 spiro atoms. The molecule has 0 atom stereocenters. The molecule has 0 aliphatic carbocycles. The van der Waals surface area contributed by atoms with Gasteiger partial charge in [0.25, 0.3) is 0 Å². The molecule has 2 aliphatic heterocycles. The lowest BCUT2D eigenvalue weighted by Gasteiger charge is -2.06. The van der Waals surface area contributed by atoms with E-state index in [4.69, 9.17) is 21.0 Å². The summed E-state index contributed by atoms with van der Waals surface area (Å²) in [6, 6.07) is 15.4. The van der Waals surface area contributed by atoms with Crippen molar-refractivity contribution in [3.63, 3.8) is 0 Å². The summed E-state index contributed by atoms with van der Waals surface area (Å²) in [7, 11) is 0. The lowest BCUT2D eigenvalue weighted by atomic mass is 10.1. The van der Waals surface area contributed by atoms with Crippen molar-refractivity contribution < 1.29 is 0 Å². The lowest BCUT2D eigenvalue weighted by Crippen LogP contribution is -1.93. The molecule has 8 heteroatoms. The lowest BCUT2D eigenvalue weighted by molar-refractivity contribution is 1.42. The zero-order valence-corrected chi connectivity index (χ0v) is 14.5. The van der Waals surface area contributed by atoms with E-state index in [2.05, 4.69) is 10.6 Å². The first kappa shape index (κ1) is 15.9. The Morgan fingerprint density at radius 2 is 1.38 bits per heavy atom. The Kier molecular flexibility index (Phi) is 3.72. The quantitative estimate of drug-likeness (QED) is 0.655.